The third kappa shape index (κ3) is 0.934. The summed E-state index contributed by atoms with van der Waals surface area (Å²) >= 11 is 2.01. The zero-order valence-electron chi connectivity index (χ0n) is 5.28. The Morgan fingerprint density at radius 3 is 3.09 bits per heavy atom. The molecule has 11 heavy (non-hydrogen) atoms. The molecule has 0 radical (unpaired) electrons. The van der Waals surface area contributed by atoms with Crippen LogP contribution in [0.4, 0.5) is 0 Å². The first-order chi connectivity index (χ1) is 5.29. The maximum atomic E-state index is 11.0. The molecule has 2 aromatic rings. The molecule has 5 nitrogen and oxygen atoms in total. The fourth-order valence-electron chi connectivity index (χ4n) is 0.819. The fourth-order valence-corrected chi connectivity index (χ4v) is 1.30. The Hall–Kier alpha value is -0.920. The topological polar surface area (TPSA) is 63.6 Å². The van der Waals surface area contributed by atoms with Gasteiger partial charge in [-0.25, -0.2) is 9.97 Å². The molecule has 0 saturated heterocycles. The van der Waals surface area contributed by atoms with Crippen molar-refractivity contribution in [3.8, 4) is 0 Å². The van der Waals surface area contributed by atoms with Crippen LogP contribution in [0, 0.1) is 0 Å². The molecular weight excluding hydrogens is 259 g/mol. The molecular formula is C5H3IN4O. The van der Waals surface area contributed by atoms with E-state index in [0.717, 1.165) is 0 Å². The summed E-state index contributed by atoms with van der Waals surface area (Å²) in [5.74, 6) is 0. The van der Waals surface area contributed by atoms with Crippen LogP contribution in [0.5, 0.6) is 0 Å². The molecule has 0 aromatic carbocycles. The van der Waals surface area contributed by atoms with E-state index >= 15 is 0 Å². The van der Waals surface area contributed by atoms with Gasteiger partial charge in [0.25, 0.3) is 5.56 Å². The molecule has 2 heterocycles. The van der Waals surface area contributed by atoms with E-state index in [2.05, 4.69) is 15.0 Å². The normalized spacial score (nSPS) is 10.6. The second kappa shape index (κ2) is 2.29. The molecule has 0 aliphatic heterocycles. The van der Waals surface area contributed by atoms with Crippen LogP contribution in [0.2, 0.25) is 0 Å². The SMILES string of the molecule is O=c1[nH]cnc2c1ncn2I. The molecule has 2 aromatic heterocycles. The summed E-state index contributed by atoms with van der Waals surface area (Å²) in [5.41, 5.74) is 0.765. The molecule has 0 spiro atoms. The highest BCUT2D eigenvalue weighted by molar-refractivity contribution is 14.1. The number of imidazole rings is 1. The van der Waals surface area contributed by atoms with Crippen molar-refractivity contribution in [2.24, 2.45) is 0 Å². The highest BCUT2D eigenvalue weighted by Crippen LogP contribution is 2.05. The van der Waals surface area contributed by atoms with Gasteiger partial charge in [0.2, 0.25) is 0 Å². The van der Waals surface area contributed by atoms with Gasteiger partial charge in [-0.3, -0.25) is 7.58 Å². The fraction of sp³-hybridized carbons (Fsp3) is 0. The lowest BCUT2D eigenvalue weighted by Gasteiger charge is -1.86. The summed E-state index contributed by atoms with van der Waals surface area (Å²) in [4.78, 5) is 21.3. The largest absolute Gasteiger partial charge is 0.311 e. The van der Waals surface area contributed by atoms with E-state index in [9.17, 15) is 4.79 Å². The maximum Gasteiger partial charge on any atom is 0.278 e. The molecule has 0 aliphatic rings. The van der Waals surface area contributed by atoms with Crippen LogP contribution < -0.4 is 5.56 Å². The number of nitrogens with zero attached hydrogens (tertiary/aromatic N) is 3. The van der Waals surface area contributed by atoms with E-state index in [0.29, 0.717) is 11.2 Å². The van der Waals surface area contributed by atoms with Crippen molar-refractivity contribution in [1.29, 1.82) is 0 Å². The molecule has 1 N–H and O–H groups in total. The molecule has 0 bridgehead atoms. The minimum Gasteiger partial charge on any atom is -0.311 e. The molecule has 0 atom stereocenters. The van der Waals surface area contributed by atoms with Gasteiger partial charge >= 0.3 is 0 Å². The van der Waals surface area contributed by atoms with Crippen LogP contribution >= 0.6 is 22.9 Å². The minimum absolute atomic E-state index is 0.203. The number of halogens is 1. The van der Waals surface area contributed by atoms with Gasteiger partial charge in [-0.2, -0.15) is 0 Å². The van der Waals surface area contributed by atoms with Gasteiger partial charge in [0.1, 0.15) is 6.33 Å². The Morgan fingerprint density at radius 1 is 1.55 bits per heavy atom. The van der Waals surface area contributed by atoms with Crippen LogP contribution in [0.3, 0.4) is 0 Å². The van der Waals surface area contributed by atoms with Crippen molar-refractivity contribution < 1.29 is 0 Å². The Morgan fingerprint density at radius 2 is 2.36 bits per heavy atom. The van der Waals surface area contributed by atoms with Gasteiger partial charge in [0, 0.05) is 0 Å². The summed E-state index contributed by atoms with van der Waals surface area (Å²) < 4.78 is 1.67. The lowest BCUT2D eigenvalue weighted by atomic mass is 10.6. The van der Waals surface area contributed by atoms with Gasteiger partial charge in [-0.05, 0) is 0 Å². The van der Waals surface area contributed by atoms with Crippen molar-refractivity contribution in [2.45, 2.75) is 0 Å². The zero-order chi connectivity index (χ0) is 7.84. The Kier molecular flexibility index (Phi) is 1.41. The molecule has 0 saturated carbocycles. The summed E-state index contributed by atoms with van der Waals surface area (Å²) in [6.07, 6.45) is 2.91. The molecule has 0 aliphatic carbocycles. The van der Waals surface area contributed by atoms with Gasteiger partial charge < -0.3 is 4.98 Å². The third-order valence-corrected chi connectivity index (χ3v) is 2.01. The average Bonchev–Trinajstić information content (AvgIpc) is 2.35. The van der Waals surface area contributed by atoms with Crippen LogP contribution in [0.1, 0.15) is 0 Å². The first-order valence-corrected chi connectivity index (χ1v) is 3.82. The summed E-state index contributed by atoms with van der Waals surface area (Å²) in [7, 11) is 0. The third-order valence-electron chi connectivity index (χ3n) is 1.30. The molecule has 0 unspecified atom stereocenters. The van der Waals surface area contributed by atoms with E-state index in [1.165, 1.54) is 6.33 Å². The van der Waals surface area contributed by atoms with Crippen LogP contribution in [0.15, 0.2) is 17.4 Å². The van der Waals surface area contributed by atoms with E-state index in [1.54, 1.807) is 9.11 Å². The van der Waals surface area contributed by atoms with E-state index in [4.69, 9.17) is 0 Å². The van der Waals surface area contributed by atoms with Crippen molar-refractivity contribution in [2.75, 3.05) is 0 Å². The van der Waals surface area contributed by atoms with Crippen molar-refractivity contribution >= 4 is 34.0 Å². The number of hydrogen-bond donors (Lipinski definition) is 1. The van der Waals surface area contributed by atoms with E-state index < -0.39 is 0 Å². The van der Waals surface area contributed by atoms with Crippen molar-refractivity contribution in [3.63, 3.8) is 0 Å². The lowest BCUT2D eigenvalue weighted by Crippen LogP contribution is -2.05. The smallest absolute Gasteiger partial charge is 0.278 e. The van der Waals surface area contributed by atoms with E-state index in [1.807, 2.05) is 22.9 Å². The number of fused-ring (bicyclic) bond motifs is 1. The number of aromatic amines is 1. The molecule has 0 amide bonds. The van der Waals surface area contributed by atoms with Crippen molar-refractivity contribution in [3.05, 3.63) is 23.0 Å². The number of hydrogen-bond acceptors (Lipinski definition) is 3. The second-order valence-electron chi connectivity index (χ2n) is 1.96. The predicted molar refractivity (Wildman–Crippen MR) is 47.6 cm³/mol. The lowest BCUT2D eigenvalue weighted by molar-refractivity contribution is 1.15. The molecule has 6 heteroatoms. The summed E-state index contributed by atoms with van der Waals surface area (Å²) in [6.45, 7) is 0. The van der Waals surface area contributed by atoms with Gasteiger partial charge in [-0.1, -0.05) is 0 Å². The average molecular weight is 262 g/mol. The second-order valence-corrected chi connectivity index (χ2v) is 3.00. The number of H-pyrrole nitrogens is 1. The summed E-state index contributed by atoms with van der Waals surface area (Å²) in [5, 5.41) is 0. The van der Waals surface area contributed by atoms with E-state index in [-0.39, 0.29) is 5.56 Å². The highest BCUT2D eigenvalue weighted by atomic mass is 127. The first-order valence-electron chi connectivity index (χ1n) is 2.86. The Labute approximate surface area is 75.0 Å². The standard InChI is InChI=1S/C5H3IN4O/c6-10-2-9-3-4(10)7-1-8-5(3)11/h1-2H,(H,7,8,11). The zero-order valence-corrected chi connectivity index (χ0v) is 7.44. The van der Waals surface area contributed by atoms with Crippen LogP contribution in [0.25, 0.3) is 11.2 Å². The number of rotatable bonds is 0. The highest BCUT2D eigenvalue weighted by Gasteiger charge is 2.03. The van der Waals surface area contributed by atoms with Crippen LogP contribution in [-0.2, 0) is 0 Å². The first kappa shape index (κ1) is 6.77. The maximum absolute atomic E-state index is 11.0. The molecule has 56 valence electrons. The number of nitrogens with one attached hydrogen (secondary N) is 1. The monoisotopic (exact) mass is 262 g/mol. The van der Waals surface area contributed by atoms with Gasteiger partial charge in [0.05, 0.1) is 29.2 Å². The van der Waals surface area contributed by atoms with Crippen molar-refractivity contribution in [1.82, 2.24) is 17.7 Å². The predicted octanol–water partition coefficient (Wildman–Crippen LogP) is 0.318. The Bertz CT molecular complexity index is 445. The Balaban J connectivity index is 3.06. The van der Waals surface area contributed by atoms with Gasteiger partial charge in [-0.15, -0.1) is 0 Å². The minimum atomic E-state index is -0.203. The van der Waals surface area contributed by atoms with Crippen LogP contribution in [-0.4, -0.2) is 17.7 Å². The molecule has 2 rings (SSSR count). The summed E-state index contributed by atoms with van der Waals surface area (Å²) in [6, 6.07) is 0. The number of aromatic nitrogens is 4. The molecule has 0 fully saturated rings. The quantitative estimate of drug-likeness (QED) is 0.695. The van der Waals surface area contributed by atoms with Gasteiger partial charge in [0.15, 0.2) is 11.2 Å².